The maximum atomic E-state index is 10.5. The van der Waals surface area contributed by atoms with Gasteiger partial charge < -0.3 is 11.4 Å². The summed E-state index contributed by atoms with van der Waals surface area (Å²) in [5, 5.41) is 8.77. The fourth-order valence-corrected chi connectivity index (χ4v) is 2.34. The molecular formula is C9H21N2NaO4S. The van der Waals surface area contributed by atoms with Gasteiger partial charge in [0.25, 0.3) is 10.1 Å². The van der Waals surface area contributed by atoms with E-state index >= 15 is 0 Å². The van der Waals surface area contributed by atoms with Gasteiger partial charge in [0, 0.05) is 32.7 Å². The molecule has 0 aliphatic carbocycles. The molecule has 98 valence electrons. The molecule has 17 heavy (non-hydrogen) atoms. The summed E-state index contributed by atoms with van der Waals surface area (Å²) < 4.78 is 29.6. The van der Waals surface area contributed by atoms with Crippen LogP contribution in [0.3, 0.4) is 0 Å². The van der Waals surface area contributed by atoms with Crippen LogP contribution in [-0.4, -0.2) is 79.5 Å². The van der Waals surface area contributed by atoms with Crippen LogP contribution in [0.5, 0.6) is 0 Å². The molecule has 0 aromatic rings. The Bertz CT molecular complexity index is 297. The second-order valence-electron chi connectivity index (χ2n) is 4.05. The third kappa shape index (κ3) is 8.50. The maximum absolute atomic E-state index is 10.5. The van der Waals surface area contributed by atoms with Gasteiger partial charge in [-0.05, 0) is 13.0 Å². The smallest absolute Gasteiger partial charge is 1.00 e. The molecular weight excluding hydrogens is 255 g/mol. The van der Waals surface area contributed by atoms with E-state index in [9.17, 15) is 8.42 Å². The van der Waals surface area contributed by atoms with Crippen molar-refractivity contribution in [3.05, 3.63) is 0 Å². The van der Waals surface area contributed by atoms with Gasteiger partial charge in [0.15, 0.2) is 0 Å². The van der Waals surface area contributed by atoms with Crippen molar-refractivity contribution in [2.75, 3.05) is 51.6 Å². The molecule has 8 heteroatoms. The van der Waals surface area contributed by atoms with E-state index in [1.54, 1.807) is 0 Å². The first-order valence-corrected chi connectivity index (χ1v) is 7.13. The number of piperazine rings is 1. The zero-order valence-corrected chi connectivity index (χ0v) is 13.2. The Kier molecular flexibility index (Phi) is 9.23. The molecule has 0 saturated carbocycles. The predicted octanol–water partition coefficient (Wildman–Crippen LogP) is -4.01. The summed E-state index contributed by atoms with van der Waals surface area (Å²) in [5.74, 6) is -0.163. The van der Waals surface area contributed by atoms with E-state index < -0.39 is 10.1 Å². The van der Waals surface area contributed by atoms with Gasteiger partial charge in [-0.1, -0.05) is 0 Å². The minimum atomic E-state index is -3.81. The van der Waals surface area contributed by atoms with Crippen molar-refractivity contribution in [1.29, 1.82) is 0 Å². The van der Waals surface area contributed by atoms with Crippen molar-refractivity contribution < 1.29 is 49.1 Å². The molecule has 0 radical (unpaired) electrons. The molecule has 1 heterocycles. The zero-order chi connectivity index (χ0) is 12.0. The summed E-state index contributed by atoms with van der Waals surface area (Å²) in [5.41, 5.74) is 0. The predicted molar refractivity (Wildman–Crippen MR) is 62.1 cm³/mol. The molecule has 1 aliphatic rings. The average Bonchev–Trinajstić information content (AvgIpc) is 2.19. The molecule has 0 aromatic heterocycles. The number of nitrogens with zero attached hydrogens (tertiary/aromatic N) is 2. The van der Waals surface area contributed by atoms with E-state index in [1.807, 2.05) is 0 Å². The fraction of sp³-hybridized carbons (Fsp3) is 1.00. The van der Waals surface area contributed by atoms with E-state index in [2.05, 4.69) is 9.80 Å². The molecule has 6 nitrogen and oxygen atoms in total. The number of aliphatic hydroxyl groups is 1. The van der Waals surface area contributed by atoms with Crippen molar-refractivity contribution in [1.82, 2.24) is 9.80 Å². The van der Waals surface area contributed by atoms with Crippen LogP contribution < -0.4 is 29.6 Å². The van der Waals surface area contributed by atoms with Crippen LogP contribution in [0, 0.1) is 0 Å². The van der Waals surface area contributed by atoms with Crippen LogP contribution in [0.25, 0.3) is 0 Å². The normalized spacial score (nSPS) is 18.9. The minimum absolute atomic E-state index is 0. The third-order valence-corrected chi connectivity index (χ3v) is 3.56. The van der Waals surface area contributed by atoms with E-state index in [1.165, 1.54) is 0 Å². The van der Waals surface area contributed by atoms with Gasteiger partial charge in [0.2, 0.25) is 0 Å². The Morgan fingerprint density at radius 1 is 1.06 bits per heavy atom. The summed E-state index contributed by atoms with van der Waals surface area (Å²) >= 11 is 0. The molecule has 1 saturated heterocycles. The molecule has 0 amide bonds. The van der Waals surface area contributed by atoms with Gasteiger partial charge in [0.1, 0.15) is 0 Å². The van der Waals surface area contributed by atoms with Crippen molar-refractivity contribution in [3.63, 3.8) is 0 Å². The SMILES string of the molecule is O=S(=O)(O)CCCN1CCN(CCO)CC1.[H-].[Na+]. The first kappa shape index (κ1) is 17.8. The zero-order valence-electron chi connectivity index (χ0n) is 11.4. The monoisotopic (exact) mass is 276 g/mol. The number of β-amino-alcohol motifs (C(OH)–C–C–N with tert-alkyl or cyclic N) is 1. The van der Waals surface area contributed by atoms with Crippen LogP contribution >= 0.6 is 0 Å². The van der Waals surface area contributed by atoms with Gasteiger partial charge >= 0.3 is 29.6 Å². The number of aliphatic hydroxyl groups excluding tert-OH is 1. The number of hydrogen-bond donors (Lipinski definition) is 2. The minimum Gasteiger partial charge on any atom is -1.00 e. The van der Waals surface area contributed by atoms with E-state index in [0.717, 1.165) is 26.2 Å². The van der Waals surface area contributed by atoms with Crippen LogP contribution in [-0.2, 0) is 10.1 Å². The van der Waals surface area contributed by atoms with Crippen LogP contribution in [0.15, 0.2) is 0 Å². The summed E-state index contributed by atoms with van der Waals surface area (Å²) in [7, 11) is -3.81. The quantitative estimate of drug-likeness (QED) is 0.380. The largest absolute Gasteiger partial charge is 1.00 e. The Morgan fingerprint density at radius 2 is 1.53 bits per heavy atom. The first-order valence-electron chi connectivity index (χ1n) is 5.52. The van der Waals surface area contributed by atoms with Crippen molar-refractivity contribution >= 4 is 10.1 Å². The number of hydrogen-bond acceptors (Lipinski definition) is 5. The average molecular weight is 276 g/mol. The molecule has 1 aliphatic heterocycles. The fourth-order valence-electron chi connectivity index (χ4n) is 1.85. The molecule has 0 bridgehead atoms. The van der Waals surface area contributed by atoms with Crippen molar-refractivity contribution in [2.24, 2.45) is 0 Å². The van der Waals surface area contributed by atoms with Gasteiger partial charge in [0.05, 0.1) is 12.4 Å². The van der Waals surface area contributed by atoms with Crippen LogP contribution in [0.1, 0.15) is 7.85 Å². The standard InChI is InChI=1S/C9H20N2O4S.Na.H/c12-8-7-11-5-3-10(4-6-11)2-1-9-16(13,14)15;;/h12H,1-9H2,(H,13,14,15);;/q;+1;-1. The maximum Gasteiger partial charge on any atom is 1.00 e. The molecule has 1 fully saturated rings. The summed E-state index contributed by atoms with van der Waals surface area (Å²) in [4.78, 5) is 4.36. The molecule has 1 rings (SSSR count). The topological polar surface area (TPSA) is 81.1 Å². The molecule has 0 atom stereocenters. The first-order chi connectivity index (χ1) is 7.51. The molecule has 0 aromatic carbocycles. The Labute approximate surface area is 126 Å². The Hall–Kier alpha value is 0.790. The number of rotatable bonds is 6. The van der Waals surface area contributed by atoms with Gasteiger partial charge in [-0.15, -0.1) is 0 Å². The van der Waals surface area contributed by atoms with Crippen molar-refractivity contribution in [2.45, 2.75) is 6.42 Å². The molecule has 0 unspecified atom stereocenters. The van der Waals surface area contributed by atoms with Gasteiger partial charge in [-0.3, -0.25) is 9.45 Å². The van der Waals surface area contributed by atoms with E-state index in [0.29, 0.717) is 19.5 Å². The van der Waals surface area contributed by atoms with E-state index in [4.69, 9.17) is 9.66 Å². The molecule has 0 spiro atoms. The van der Waals surface area contributed by atoms with Crippen LogP contribution in [0.2, 0.25) is 0 Å². The van der Waals surface area contributed by atoms with Crippen LogP contribution in [0.4, 0.5) is 0 Å². The second-order valence-corrected chi connectivity index (χ2v) is 5.62. The van der Waals surface area contributed by atoms with Gasteiger partial charge in [-0.25, -0.2) is 0 Å². The summed E-state index contributed by atoms with van der Waals surface area (Å²) in [6, 6.07) is 0. The summed E-state index contributed by atoms with van der Waals surface area (Å²) in [6.07, 6.45) is 0.471. The van der Waals surface area contributed by atoms with E-state index in [-0.39, 0.29) is 43.3 Å². The molecule has 2 N–H and O–H groups in total. The van der Waals surface area contributed by atoms with Crippen molar-refractivity contribution in [3.8, 4) is 0 Å². The Balaban J connectivity index is 0. The summed E-state index contributed by atoms with van der Waals surface area (Å²) in [6.45, 7) is 5.20. The van der Waals surface area contributed by atoms with Gasteiger partial charge in [-0.2, -0.15) is 8.42 Å². The second kappa shape index (κ2) is 8.82. The third-order valence-electron chi connectivity index (χ3n) is 2.76. The Morgan fingerprint density at radius 3 is 1.94 bits per heavy atom.